The summed E-state index contributed by atoms with van der Waals surface area (Å²) in [5.74, 6) is 0.323. The van der Waals surface area contributed by atoms with Crippen LogP contribution in [0.3, 0.4) is 0 Å². The number of nitro benzene ring substituents is 1. The highest BCUT2D eigenvalue weighted by molar-refractivity contribution is 5.79. The molecular weight excluding hydrogens is 358 g/mol. The Balaban J connectivity index is 1.54. The number of hydrogen-bond donors (Lipinski definition) is 1. The van der Waals surface area contributed by atoms with Crippen molar-refractivity contribution < 1.29 is 14.5 Å². The third-order valence-corrected chi connectivity index (χ3v) is 5.18. The Morgan fingerprint density at radius 2 is 1.89 bits per heavy atom. The minimum atomic E-state index is -0.451. The SMILES string of the molecule is COc1cc(N2CCC(C(=O)NCc3ccc(C)cc3)CC2)ccc1[N+](=O)[O-]. The molecule has 1 amide bonds. The van der Waals surface area contributed by atoms with Crippen LogP contribution >= 0.6 is 0 Å². The van der Waals surface area contributed by atoms with Gasteiger partial charge in [0.2, 0.25) is 5.91 Å². The first-order chi connectivity index (χ1) is 13.5. The molecule has 7 nitrogen and oxygen atoms in total. The van der Waals surface area contributed by atoms with E-state index in [1.54, 1.807) is 12.1 Å². The Morgan fingerprint density at radius 1 is 1.21 bits per heavy atom. The summed E-state index contributed by atoms with van der Waals surface area (Å²) in [7, 11) is 1.43. The quantitative estimate of drug-likeness (QED) is 0.610. The maximum Gasteiger partial charge on any atom is 0.311 e. The molecule has 0 aliphatic carbocycles. The number of anilines is 1. The van der Waals surface area contributed by atoms with Crippen molar-refractivity contribution in [2.24, 2.45) is 5.92 Å². The summed E-state index contributed by atoms with van der Waals surface area (Å²) in [5, 5.41) is 14.1. The third-order valence-electron chi connectivity index (χ3n) is 5.18. The van der Waals surface area contributed by atoms with Gasteiger partial charge in [-0.25, -0.2) is 0 Å². The van der Waals surface area contributed by atoms with E-state index in [0.29, 0.717) is 6.54 Å². The number of amides is 1. The second kappa shape index (κ2) is 8.73. The number of piperidine rings is 1. The van der Waals surface area contributed by atoms with Crippen molar-refractivity contribution in [2.45, 2.75) is 26.3 Å². The Morgan fingerprint density at radius 3 is 2.50 bits per heavy atom. The minimum Gasteiger partial charge on any atom is -0.490 e. The average molecular weight is 383 g/mol. The van der Waals surface area contributed by atoms with Gasteiger partial charge < -0.3 is 15.0 Å². The van der Waals surface area contributed by atoms with Crippen molar-refractivity contribution in [1.29, 1.82) is 0 Å². The van der Waals surface area contributed by atoms with Gasteiger partial charge in [0.1, 0.15) is 0 Å². The molecule has 1 aliphatic rings. The molecule has 1 aliphatic heterocycles. The number of hydrogen-bond acceptors (Lipinski definition) is 5. The summed E-state index contributed by atoms with van der Waals surface area (Å²) >= 11 is 0. The molecule has 148 valence electrons. The van der Waals surface area contributed by atoms with Gasteiger partial charge in [0.05, 0.1) is 12.0 Å². The number of benzene rings is 2. The van der Waals surface area contributed by atoms with Crippen molar-refractivity contribution >= 4 is 17.3 Å². The molecule has 1 N–H and O–H groups in total. The molecule has 2 aromatic rings. The van der Waals surface area contributed by atoms with Crippen LogP contribution in [0.1, 0.15) is 24.0 Å². The fraction of sp³-hybridized carbons (Fsp3) is 0.381. The van der Waals surface area contributed by atoms with Crippen molar-refractivity contribution in [2.75, 3.05) is 25.1 Å². The number of carbonyl (C=O) groups excluding carboxylic acids is 1. The van der Waals surface area contributed by atoms with Gasteiger partial charge in [0.25, 0.3) is 0 Å². The highest BCUT2D eigenvalue weighted by Gasteiger charge is 2.26. The molecule has 0 spiro atoms. The fourth-order valence-corrected chi connectivity index (χ4v) is 3.45. The smallest absolute Gasteiger partial charge is 0.311 e. The predicted molar refractivity (Wildman–Crippen MR) is 108 cm³/mol. The van der Waals surface area contributed by atoms with Crippen LogP contribution in [-0.2, 0) is 11.3 Å². The van der Waals surface area contributed by atoms with E-state index in [2.05, 4.69) is 10.2 Å². The second-order valence-electron chi connectivity index (χ2n) is 7.08. The maximum absolute atomic E-state index is 12.5. The Bertz CT molecular complexity index is 843. The molecule has 0 saturated carbocycles. The lowest BCUT2D eigenvalue weighted by Crippen LogP contribution is -2.40. The third kappa shape index (κ3) is 4.60. The Kier molecular flexibility index (Phi) is 6.13. The number of carbonyl (C=O) groups is 1. The molecule has 28 heavy (non-hydrogen) atoms. The van der Waals surface area contributed by atoms with E-state index in [-0.39, 0.29) is 23.3 Å². The number of ether oxygens (including phenoxy) is 1. The fourth-order valence-electron chi connectivity index (χ4n) is 3.45. The summed E-state index contributed by atoms with van der Waals surface area (Å²) < 4.78 is 5.15. The number of rotatable bonds is 6. The first-order valence-electron chi connectivity index (χ1n) is 9.38. The van der Waals surface area contributed by atoms with E-state index in [1.807, 2.05) is 31.2 Å². The van der Waals surface area contributed by atoms with Crippen LogP contribution in [-0.4, -0.2) is 31.0 Å². The first-order valence-corrected chi connectivity index (χ1v) is 9.38. The van der Waals surface area contributed by atoms with Gasteiger partial charge in [-0.3, -0.25) is 14.9 Å². The molecule has 0 aromatic heterocycles. The predicted octanol–water partition coefficient (Wildman–Crippen LogP) is 3.44. The topological polar surface area (TPSA) is 84.7 Å². The van der Waals surface area contributed by atoms with E-state index in [1.165, 1.54) is 18.7 Å². The van der Waals surface area contributed by atoms with E-state index < -0.39 is 4.92 Å². The van der Waals surface area contributed by atoms with Crippen molar-refractivity contribution in [1.82, 2.24) is 5.32 Å². The van der Waals surface area contributed by atoms with Crippen LogP contribution < -0.4 is 15.0 Å². The van der Waals surface area contributed by atoms with Crippen LogP contribution in [0, 0.1) is 23.0 Å². The number of methoxy groups -OCH3 is 1. The molecular formula is C21H25N3O4. The van der Waals surface area contributed by atoms with Crippen molar-refractivity contribution in [3.8, 4) is 5.75 Å². The number of nitrogens with zero attached hydrogens (tertiary/aromatic N) is 2. The summed E-state index contributed by atoms with van der Waals surface area (Å²) in [4.78, 5) is 25.2. The molecule has 1 heterocycles. The van der Waals surface area contributed by atoms with Gasteiger partial charge >= 0.3 is 5.69 Å². The van der Waals surface area contributed by atoms with Crippen molar-refractivity contribution in [3.63, 3.8) is 0 Å². The number of aryl methyl sites for hydroxylation is 1. The second-order valence-corrected chi connectivity index (χ2v) is 7.08. The molecule has 0 radical (unpaired) electrons. The average Bonchev–Trinajstić information content (AvgIpc) is 2.72. The van der Waals surface area contributed by atoms with Crippen LogP contribution in [0.2, 0.25) is 0 Å². The van der Waals surface area contributed by atoms with Crippen molar-refractivity contribution in [3.05, 3.63) is 63.7 Å². The van der Waals surface area contributed by atoms with Crippen LogP contribution in [0.15, 0.2) is 42.5 Å². The summed E-state index contributed by atoms with van der Waals surface area (Å²) in [5.41, 5.74) is 3.12. The van der Waals surface area contributed by atoms with E-state index >= 15 is 0 Å². The van der Waals surface area contributed by atoms with E-state index in [4.69, 9.17) is 4.74 Å². The largest absolute Gasteiger partial charge is 0.490 e. The van der Waals surface area contributed by atoms with Gasteiger partial charge in [0, 0.05) is 43.4 Å². The number of nitrogens with one attached hydrogen (secondary N) is 1. The highest BCUT2D eigenvalue weighted by atomic mass is 16.6. The molecule has 2 aromatic carbocycles. The van der Waals surface area contributed by atoms with Gasteiger partial charge in [-0.2, -0.15) is 0 Å². The highest BCUT2D eigenvalue weighted by Crippen LogP contribution is 2.33. The lowest BCUT2D eigenvalue weighted by Gasteiger charge is -2.33. The van der Waals surface area contributed by atoms with E-state index in [9.17, 15) is 14.9 Å². The minimum absolute atomic E-state index is 0.0124. The molecule has 0 bridgehead atoms. The monoisotopic (exact) mass is 383 g/mol. The Hall–Kier alpha value is -3.09. The molecule has 3 rings (SSSR count). The lowest BCUT2D eigenvalue weighted by atomic mass is 9.95. The molecule has 0 atom stereocenters. The summed E-state index contributed by atoms with van der Waals surface area (Å²) in [6, 6.07) is 13.0. The molecule has 1 fully saturated rings. The maximum atomic E-state index is 12.5. The van der Waals surface area contributed by atoms with Gasteiger partial charge in [0.15, 0.2) is 5.75 Å². The van der Waals surface area contributed by atoms with Gasteiger partial charge in [-0.05, 0) is 31.4 Å². The van der Waals surface area contributed by atoms with Crippen LogP contribution in [0.5, 0.6) is 5.75 Å². The molecule has 7 heteroatoms. The van der Waals surface area contributed by atoms with E-state index in [0.717, 1.165) is 37.2 Å². The summed E-state index contributed by atoms with van der Waals surface area (Å²) in [6.45, 7) is 4.03. The zero-order chi connectivity index (χ0) is 20.1. The molecule has 0 unspecified atom stereocenters. The molecule has 1 saturated heterocycles. The zero-order valence-corrected chi connectivity index (χ0v) is 16.2. The van der Waals surface area contributed by atoms with Gasteiger partial charge in [-0.1, -0.05) is 29.8 Å². The van der Waals surface area contributed by atoms with Crippen LogP contribution in [0.25, 0.3) is 0 Å². The zero-order valence-electron chi connectivity index (χ0n) is 16.2. The van der Waals surface area contributed by atoms with Gasteiger partial charge in [-0.15, -0.1) is 0 Å². The normalized spacial score (nSPS) is 14.6. The lowest BCUT2D eigenvalue weighted by molar-refractivity contribution is -0.385. The number of nitro groups is 1. The van der Waals surface area contributed by atoms with Crippen LogP contribution in [0.4, 0.5) is 11.4 Å². The standard InChI is InChI=1S/C21H25N3O4/c1-15-3-5-16(6-4-15)14-22-21(25)17-9-11-23(12-10-17)18-7-8-19(24(26)27)20(13-18)28-2/h3-8,13,17H,9-12,14H2,1-2H3,(H,22,25). The Labute approximate surface area is 164 Å². The first kappa shape index (κ1) is 19.7. The summed E-state index contributed by atoms with van der Waals surface area (Å²) in [6.07, 6.45) is 1.50.